The molecule has 4 fully saturated rings. The Morgan fingerprint density at radius 1 is 0.814 bits per heavy atom. The van der Waals surface area contributed by atoms with Crippen molar-refractivity contribution in [1.29, 1.82) is 0 Å². The molecule has 318 valence electrons. The number of amides is 7. The number of nitrogens with one attached hydrogen (secondary N) is 4. The van der Waals surface area contributed by atoms with Crippen LogP contribution < -0.4 is 21.3 Å². The molecule has 0 aliphatic carbocycles. The summed E-state index contributed by atoms with van der Waals surface area (Å²) in [7, 11) is 0. The second-order valence-electron chi connectivity index (χ2n) is 16.1. The third-order valence-corrected chi connectivity index (χ3v) is 11.6. The molecule has 0 spiro atoms. The molecule has 6 rings (SSSR count). The van der Waals surface area contributed by atoms with E-state index in [-0.39, 0.29) is 44.0 Å². The zero-order valence-corrected chi connectivity index (χ0v) is 33.8. The Balaban J connectivity index is 1.33. The Hall–Kier alpha value is -5.61. The van der Waals surface area contributed by atoms with Crippen molar-refractivity contribution < 1.29 is 47.1 Å². The lowest BCUT2D eigenvalue weighted by Crippen LogP contribution is -2.63. The van der Waals surface area contributed by atoms with Gasteiger partial charge in [-0.3, -0.25) is 24.0 Å². The van der Waals surface area contributed by atoms with Gasteiger partial charge in [-0.25, -0.2) is 18.4 Å². The first-order valence-corrected chi connectivity index (χ1v) is 20.5. The molecule has 59 heavy (non-hydrogen) atoms. The predicted molar refractivity (Wildman–Crippen MR) is 210 cm³/mol. The fraction of sp³-hybridized carbons (Fsp3) is 0.548. The van der Waals surface area contributed by atoms with Gasteiger partial charge in [0.25, 0.3) is 0 Å². The molecule has 4 aliphatic heterocycles. The van der Waals surface area contributed by atoms with E-state index in [0.29, 0.717) is 37.4 Å². The van der Waals surface area contributed by atoms with Crippen LogP contribution in [0, 0.1) is 17.6 Å². The normalized spacial score (nSPS) is 27.3. The maximum atomic E-state index is 14.7. The van der Waals surface area contributed by atoms with Crippen LogP contribution in [0.25, 0.3) is 0 Å². The number of urea groups is 1. The van der Waals surface area contributed by atoms with E-state index in [2.05, 4.69) is 21.3 Å². The highest BCUT2D eigenvalue weighted by atomic mass is 19.1. The number of ether oxygens (including phenoxy) is 1. The van der Waals surface area contributed by atoms with Gasteiger partial charge < -0.3 is 40.7 Å². The molecule has 0 saturated carbocycles. The van der Waals surface area contributed by atoms with Gasteiger partial charge in [0.15, 0.2) is 0 Å². The van der Waals surface area contributed by atoms with Crippen molar-refractivity contribution in [3.05, 3.63) is 65.2 Å². The number of nitrogens with zero attached hydrogens (tertiary/aromatic N) is 3. The number of carbonyl (C=O) groups is 7. The lowest BCUT2D eigenvalue weighted by atomic mass is 9.99. The molecule has 0 aromatic heterocycles. The molecule has 0 radical (unpaired) electrons. The number of benzene rings is 2. The van der Waals surface area contributed by atoms with Crippen LogP contribution in [0.1, 0.15) is 77.3 Å². The van der Waals surface area contributed by atoms with E-state index >= 15 is 0 Å². The van der Waals surface area contributed by atoms with Gasteiger partial charge >= 0.3 is 12.0 Å². The second kappa shape index (κ2) is 18.5. The molecule has 8 atom stereocenters. The monoisotopic (exact) mass is 821 g/mol. The van der Waals surface area contributed by atoms with Crippen LogP contribution in [-0.4, -0.2) is 118 Å². The van der Waals surface area contributed by atoms with Crippen LogP contribution in [0.2, 0.25) is 0 Å². The van der Waals surface area contributed by atoms with Crippen LogP contribution in [0.4, 0.5) is 19.3 Å². The van der Waals surface area contributed by atoms with Crippen molar-refractivity contribution in [3.8, 4) is 0 Å². The fourth-order valence-electron chi connectivity index (χ4n) is 8.54. The van der Waals surface area contributed by atoms with Crippen LogP contribution in [0.15, 0.2) is 42.5 Å². The molecular weight excluding hydrogens is 768 g/mol. The summed E-state index contributed by atoms with van der Waals surface area (Å²) < 4.78 is 34.6. The summed E-state index contributed by atoms with van der Waals surface area (Å²) in [6.45, 7) is 7.36. The van der Waals surface area contributed by atoms with Gasteiger partial charge in [-0.2, -0.15) is 0 Å². The van der Waals surface area contributed by atoms with Gasteiger partial charge in [0.2, 0.25) is 29.5 Å². The smallest absolute Gasteiger partial charge is 0.329 e. The first-order valence-electron chi connectivity index (χ1n) is 20.5. The van der Waals surface area contributed by atoms with Gasteiger partial charge in [-0.15, -0.1) is 0 Å². The highest BCUT2D eigenvalue weighted by molar-refractivity contribution is 5.98. The number of carbonyl (C=O) groups excluding carboxylic acids is 7. The summed E-state index contributed by atoms with van der Waals surface area (Å²) in [5, 5.41) is 10.6. The largest absolute Gasteiger partial charge is 0.458 e. The lowest BCUT2D eigenvalue weighted by Gasteiger charge is -2.39. The number of halogens is 2. The van der Waals surface area contributed by atoms with Crippen LogP contribution in [0.3, 0.4) is 0 Å². The number of fused-ring (bicyclic) bond motifs is 3. The van der Waals surface area contributed by atoms with E-state index < -0.39 is 102 Å². The summed E-state index contributed by atoms with van der Waals surface area (Å²) in [5.74, 6) is -5.94. The first-order chi connectivity index (χ1) is 28.1. The number of anilines is 1. The summed E-state index contributed by atoms with van der Waals surface area (Å²) in [6, 6.07) is 1.75. The number of hydrogen-bond acceptors (Lipinski definition) is 8. The van der Waals surface area contributed by atoms with E-state index in [1.54, 1.807) is 12.1 Å². The van der Waals surface area contributed by atoms with Gasteiger partial charge in [-0.05, 0) is 100 Å². The second-order valence-corrected chi connectivity index (χ2v) is 16.1. The zero-order chi connectivity index (χ0) is 42.5. The van der Waals surface area contributed by atoms with Crippen LogP contribution >= 0.6 is 0 Å². The minimum absolute atomic E-state index is 0.0266. The quantitative estimate of drug-likeness (QED) is 0.307. The molecule has 4 N–H and O–H groups in total. The van der Waals surface area contributed by atoms with Gasteiger partial charge in [0.05, 0.1) is 0 Å². The van der Waals surface area contributed by atoms with E-state index in [1.165, 1.54) is 28.5 Å². The molecule has 15 nitrogen and oxygen atoms in total. The third-order valence-electron chi connectivity index (χ3n) is 11.6. The maximum Gasteiger partial charge on any atom is 0.329 e. The Morgan fingerprint density at radius 2 is 1.47 bits per heavy atom. The Kier molecular flexibility index (Phi) is 13.5. The van der Waals surface area contributed by atoms with Crippen molar-refractivity contribution in [2.24, 2.45) is 5.92 Å². The minimum Gasteiger partial charge on any atom is -0.458 e. The summed E-state index contributed by atoms with van der Waals surface area (Å²) >= 11 is 0. The molecule has 4 heterocycles. The van der Waals surface area contributed by atoms with Crippen LogP contribution in [0.5, 0.6) is 0 Å². The highest BCUT2D eigenvalue weighted by Crippen LogP contribution is 2.29. The van der Waals surface area contributed by atoms with E-state index in [0.717, 1.165) is 24.1 Å². The van der Waals surface area contributed by atoms with Crippen molar-refractivity contribution in [1.82, 2.24) is 30.7 Å². The Bertz CT molecular complexity index is 1930. The molecule has 17 heteroatoms. The number of rotatable bonds is 7. The molecule has 0 unspecified atom stereocenters. The molecule has 2 aromatic rings. The number of hydrogen-bond donors (Lipinski definition) is 4. The maximum absolute atomic E-state index is 14.7. The minimum atomic E-state index is -1.62. The zero-order valence-electron chi connectivity index (χ0n) is 33.8. The Labute approximate surface area is 341 Å². The summed E-state index contributed by atoms with van der Waals surface area (Å²) in [4.78, 5) is 102. The SMILES string of the molecule is CCc1ccc(NC(=O)N[C@@H](Cc2cc(F)cc(F)c2)C(=O)N[C@@H]2C(=O)N3CCC[C@H]3C(=O)N3CCCC[C@H]3C(=O)N[C@@H](C)C(=O)N3C[C@H](C)C[C@H]3C(=O)O[C@H]2C)cc1. The summed E-state index contributed by atoms with van der Waals surface area (Å²) in [5.41, 5.74) is 1.46. The third kappa shape index (κ3) is 9.99. The summed E-state index contributed by atoms with van der Waals surface area (Å²) in [6.07, 6.45) is 1.58. The lowest BCUT2D eigenvalue weighted by molar-refractivity contribution is -0.163. The molecule has 0 bridgehead atoms. The van der Waals surface area contributed by atoms with Gasteiger partial charge in [-0.1, -0.05) is 26.0 Å². The van der Waals surface area contributed by atoms with E-state index in [9.17, 15) is 42.3 Å². The molecule has 7 amide bonds. The average molecular weight is 822 g/mol. The van der Waals surface area contributed by atoms with Crippen molar-refractivity contribution in [2.45, 2.75) is 121 Å². The molecular formula is C42H53F2N7O8. The predicted octanol–water partition coefficient (Wildman–Crippen LogP) is 2.80. The van der Waals surface area contributed by atoms with Gasteiger partial charge in [0, 0.05) is 37.8 Å². The highest BCUT2D eigenvalue weighted by Gasteiger charge is 2.47. The Morgan fingerprint density at radius 3 is 2.17 bits per heavy atom. The standard InChI is InChI=1S/C42H53F2N7O8/c1-5-26-11-13-30(14-12-26)46-42(58)47-31(20-27-18-28(43)21-29(44)19-27)36(52)48-35-25(4)59-41(57)34-17-23(2)22-51(34)38(54)24(3)45-37(53)32-9-6-7-15-49(32)39(55)33-10-8-16-50(33)40(35)56/h11-14,18-19,21,23-25,31-35H,5-10,15-17,20,22H2,1-4H3,(H,45,53)(H,48,52)(H2,46,47,58)/t23-,24+,25+,31+,32+,33+,34+,35+/m1/s1. The number of aryl methyl sites for hydroxylation is 1. The number of piperidine rings is 1. The van der Waals surface area contributed by atoms with Gasteiger partial charge in [0.1, 0.15) is 54.0 Å². The van der Waals surface area contributed by atoms with Crippen LogP contribution in [-0.2, 0) is 46.3 Å². The van der Waals surface area contributed by atoms with Crippen molar-refractivity contribution >= 4 is 47.2 Å². The molecule has 2 aromatic carbocycles. The van der Waals surface area contributed by atoms with Crippen molar-refractivity contribution in [3.63, 3.8) is 0 Å². The topological polar surface area (TPSA) is 187 Å². The average Bonchev–Trinajstić information content (AvgIpc) is 3.85. The number of esters is 1. The molecule has 4 aliphatic rings. The van der Waals surface area contributed by atoms with Crippen molar-refractivity contribution in [2.75, 3.05) is 25.0 Å². The van der Waals surface area contributed by atoms with E-state index in [1.807, 2.05) is 26.0 Å². The van der Waals surface area contributed by atoms with E-state index in [4.69, 9.17) is 4.74 Å². The molecule has 4 saturated heterocycles. The first kappa shape index (κ1) is 43.0. The number of cyclic esters (lactones) is 1. The fourth-order valence-corrected chi connectivity index (χ4v) is 8.54.